The van der Waals surface area contributed by atoms with Crippen molar-refractivity contribution in [2.24, 2.45) is 10.9 Å². The Bertz CT molecular complexity index is 455. The minimum absolute atomic E-state index is 0.00862. The fourth-order valence-electron chi connectivity index (χ4n) is 2.10. The van der Waals surface area contributed by atoms with E-state index in [4.69, 9.17) is 0 Å². The summed E-state index contributed by atoms with van der Waals surface area (Å²) in [6, 6.07) is 3.73. The molecule has 5 nitrogen and oxygen atoms in total. The molecule has 0 bridgehead atoms. The number of nitrogens with one attached hydrogen (secondary N) is 3. The predicted molar refractivity (Wildman–Crippen MR) is 99.3 cm³/mol. The molecule has 0 fully saturated rings. The lowest BCUT2D eigenvalue weighted by Crippen LogP contribution is -2.39. The fourth-order valence-corrected chi connectivity index (χ4v) is 2.74. The van der Waals surface area contributed by atoms with E-state index in [0.29, 0.717) is 12.5 Å². The lowest BCUT2D eigenvalue weighted by molar-refractivity contribution is 0.0957. The Morgan fingerprint density at radius 3 is 2.52 bits per heavy atom. The highest BCUT2D eigenvalue weighted by molar-refractivity contribution is 7.12. The fraction of sp³-hybridized carbons (Fsp3) is 0.647. The molecule has 130 valence electrons. The minimum atomic E-state index is 0.00862. The Kier molecular flexibility index (Phi) is 10.1. The summed E-state index contributed by atoms with van der Waals surface area (Å²) in [6.07, 6.45) is 3.19. The van der Waals surface area contributed by atoms with Crippen molar-refractivity contribution in [1.82, 2.24) is 16.0 Å². The number of thiophene rings is 1. The van der Waals surface area contributed by atoms with Crippen LogP contribution < -0.4 is 16.0 Å². The van der Waals surface area contributed by atoms with Crippen LogP contribution in [0.2, 0.25) is 0 Å². The maximum Gasteiger partial charge on any atom is 0.261 e. The van der Waals surface area contributed by atoms with E-state index >= 15 is 0 Å². The van der Waals surface area contributed by atoms with Gasteiger partial charge in [-0.15, -0.1) is 11.3 Å². The van der Waals surface area contributed by atoms with Crippen LogP contribution in [0, 0.1) is 5.92 Å². The summed E-state index contributed by atoms with van der Waals surface area (Å²) < 4.78 is 0. The van der Waals surface area contributed by atoms with E-state index in [2.05, 4.69) is 41.7 Å². The second-order valence-electron chi connectivity index (χ2n) is 5.42. The molecule has 0 radical (unpaired) electrons. The number of carbonyl (C=O) groups is 1. The van der Waals surface area contributed by atoms with Crippen LogP contribution in [0.5, 0.6) is 0 Å². The molecule has 1 heterocycles. The molecule has 0 spiro atoms. The lowest BCUT2D eigenvalue weighted by atomic mass is 10.0. The first kappa shape index (κ1) is 19.5. The van der Waals surface area contributed by atoms with Crippen LogP contribution in [0.15, 0.2) is 22.5 Å². The van der Waals surface area contributed by atoms with Crippen LogP contribution in [0.25, 0.3) is 0 Å². The zero-order chi connectivity index (χ0) is 16.9. The topological polar surface area (TPSA) is 65.5 Å². The van der Waals surface area contributed by atoms with Crippen LogP contribution >= 0.6 is 11.3 Å². The van der Waals surface area contributed by atoms with Crippen LogP contribution in [0.4, 0.5) is 0 Å². The summed E-state index contributed by atoms with van der Waals surface area (Å²) in [5.74, 6) is 1.52. The summed E-state index contributed by atoms with van der Waals surface area (Å²) in [5.41, 5.74) is 0. The van der Waals surface area contributed by atoms with Gasteiger partial charge in [-0.1, -0.05) is 32.8 Å². The van der Waals surface area contributed by atoms with Crippen molar-refractivity contribution in [3.05, 3.63) is 22.4 Å². The monoisotopic (exact) mass is 338 g/mol. The summed E-state index contributed by atoms with van der Waals surface area (Å²) in [5, 5.41) is 11.4. The molecule has 1 rings (SSSR count). The van der Waals surface area contributed by atoms with E-state index < -0.39 is 0 Å². The van der Waals surface area contributed by atoms with Gasteiger partial charge in [0.05, 0.1) is 4.88 Å². The van der Waals surface area contributed by atoms with Crippen LogP contribution in [-0.2, 0) is 0 Å². The highest BCUT2D eigenvalue weighted by Crippen LogP contribution is 2.08. The number of rotatable bonds is 10. The first-order chi connectivity index (χ1) is 11.2. The van der Waals surface area contributed by atoms with Gasteiger partial charge >= 0.3 is 0 Å². The molecule has 1 aromatic heterocycles. The first-order valence-corrected chi connectivity index (χ1v) is 9.43. The smallest absolute Gasteiger partial charge is 0.261 e. The van der Waals surface area contributed by atoms with Gasteiger partial charge in [-0.05, 0) is 30.7 Å². The van der Waals surface area contributed by atoms with Gasteiger partial charge in [-0.2, -0.15) is 0 Å². The Labute approximate surface area is 144 Å². The van der Waals surface area contributed by atoms with Gasteiger partial charge in [-0.25, -0.2) is 0 Å². The summed E-state index contributed by atoms with van der Waals surface area (Å²) >= 11 is 1.46. The van der Waals surface area contributed by atoms with E-state index in [0.717, 1.165) is 49.7 Å². The van der Waals surface area contributed by atoms with Gasteiger partial charge in [0.25, 0.3) is 5.91 Å². The van der Waals surface area contributed by atoms with Crippen molar-refractivity contribution in [3.8, 4) is 0 Å². The van der Waals surface area contributed by atoms with Gasteiger partial charge in [0.1, 0.15) is 0 Å². The van der Waals surface area contributed by atoms with Crippen LogP contribution in [0.3, 0.4) is 0 Å². The van der Waals surface area contributed by atoms with Gasteiger partial charge in [-0.3, -0.25) is 9.79 Å². The van der Waals surface area contributed by atoms with Crippen molar-refractivity contribution < 1.29 is 4.79 Å². The van der Waals surface area contributed by atoms with E-state index in [-0.39, 0.29) is 5.91 Å². The van der Waals surface area contributed by atoms with Crippen molar-refractivity contribution in [2.75, 3.05) is 26.2 Å². The van der Waals surface area contributed by atoms with Crippen LogP contribution in [-0.4, -0.2) is 38.0 Å². The molecule has 0 aliphatic heterocycles. The standard InChI is InChI=1S/C17H30N4OS/c1-4-14(5-2)13-21-17(18-6-3)20-11-8-10-19-16(22)15-9-7-12-23-15/h7,9,12,14H,4-6,8,10-11,13H2,1-3H3,(H,19,22)(H2,18,20,21). The lowest BCUT2D eigenvalue weighted by Gasteiger charge is -2.14. The zero-order valence-corrected chi connectivity index (χ0v) is 15.3. The molecule has 1 aromatic rings. The molecular formula is C17H30N4OS. The third-order valence-electron chi connectivity index (χ3n) is 3.68. The summed E-state index contributed by atoms with van der Waals surface area (Å²) in [7, 11) is 0. The summed E-state index contributed by atoms with van der Waals surface area (Å²) in [6.45, 7) is 9.65. The molecule has 6 heteroatoms. The average Bonchev–Trinajstić information content (AvgIpc) is 3.09. The molecule has 0 aromatic carbocycles. The number of nitrogens with zero attached hydrogens (tertiary/aromatic N) is 1. The third-order valence-corrected chi connectivity index (χ3v) is 4.55. The highest BCUT2D eigenvalue weighted by Gasteiger charge is 2.05. The SMILES string of the molecule is CCNC(=NCC(CC)CC)NCCCNC(=O)c1cccs1. The van der Waals surface area contributed by atoms with Gasteiger partial charge in [0.2, 0.25) is 0 Å². The number of carbonyl (C=O) groups excluding carboxylic acids is 1. The van der Waals surface area contributed by atoms with Crippen molar-refractivity contribution in [2.45, 2.75) is 40.0 Å². The number of hydrogen-bond donors (Lipinski definition) is 3. The largest absolute Gasteiger partial charge is 0.357 e. The van der Waals surface area contributed by atoms with Crippen LogP contribution in [0.1, 0.15) is 49.7 Å². The minimum Gasteiger partial charge on any atom is -0.357 e. The van der Waals surface area contributed by atoms with Gasteiger partial charge in [0.15, 0.2) is 5.96 Å². The molecule has 0 unspecified atom stereocenters. The van der Waals surface area contributed by atoms with E-state index in [1.165, 1.54) is 11.3 Å². The maximum atomic E-state index is 11.8. The zero-order valence-electron chi connectivity index (χ0n) is 14.5. The van der Waals surface area contributed by atoms with Gasteiger partial charge < -0.3 is 16.0 Å². The van der Waals surface area contributed by atoms with Gasteiger partial charge in [0, 0.05) is 26.2 Å². The number of hydrogen-bond acceptors (Lipinski definition) is 3. The Morgan fingerprint density at radius 1 is 1.17 bits per heavy atom. The summed E-state index contributed by atoms with van der Waals surface area (Å²) in [4.78, 5) is 17.2. The molecule has 3 N–H and O–H groups in total. The molecule has 0 atom stereocenters. The molecule has 1 amide bonds. The molecular weight excluding hydrogens is 308 g/mol. The molecule has 0 aliphatic carbocycles. The molecule has 0 saturated heterocycles. The van der Waals surface area contributed by atoms with E-state index in [1.807, 2.05) is 17.5 Å². The number of guanidine groups is 1. The third kappa shape index (κ3) is 8.02. The second-order valence-corrected chi connectivity index (χ2v) is 6.36. The molecule has 23 heavy (non-hydrogen) atoms. The van der Waals surface area contributed by atoms with E-state index in [9.17, 15) is 4.79 Å². The molecule has 0 saturated carbocycles. The van der Waals surface area contributed by atoms with Crippen molar-refractivity contribution >= 4 is 23.2 Å². The Hall–Kier alpha value is -1.56. The van der Waals surface area contributed by atoms with Crippen molar-refractivity contribution in [3.63, 3.8) is 0 Å². The first-order valence-electron chi connectivity index (χ1n) is 8.55. The number of aliphatic imine (C=N–C) groups is 1. The number of amides is 1. The maximum absolute atomic E-state index is 11.8. The molecule has 0 aliphatic rings. The highest BCUT2D eigenvalue weighted by atomic mass is 32.1. The average molecular weight is 339 g/mol. The predicted octanol–water partition coefficient (Wildman–Crippen LogP) is 2.86. The van der Waals surface area contributed by atoms with Crippen molar-refractivity contribution in [1.29, 1.82) is 0 Å². The normalized spacial score (nSPS) is 11.6. The quantitative estimate of drug-likeness (QED) is 0.349. The van der Waals surface area contributed by atoms with E-state index in [1.54, 1.807) is 0 Å². The Morgan fingerprint density at radius 2 is 1.91 bits per heavy atom. The Balaban J connectivity index is 2.24. The second kappa shape index (κ2) is 11.9.